The molecular weight excluding hydrogens is 258 g/mol. The summed E-state index contributed by atoms with van der Waals surface area (Å²) in [5.41, 5.74) is 6.85. The van der Waals surface area contributed by atoms with Crippen LogP contribution in [0.1, 0.15) is 6.42 Å². The summed E-state index contributed by atoms with van der Waals surface area (Å²) in [6, 6.07) is 20.7. The van der Waals surface area contributed by atoms with Crippen LogP contribution in [0, 0.1) is 0 Å². The van der Waals surface area contributed by atoms with Crippen molar-refractivity contribution >= 4 is 22.3 Å². The number of hydrogen-bond acceptors (Lipinski definition) is 3. The Labute approximate surface area is 125 Å². The van der Waals surface area contributed by atoms with Crippen LogP contribution in [0.2, 0.25) is 0 Å². The molecule has 0 radical (unpaired) electrons. The lowest BCUT2D eigenvalue weighted by molar-refractivity contribution is 0.812. The molecular formula is C18H19N3. The Balaban J connectivity index is 2.10. The SMILES string of the molecule is NCCCN(c1ccccc1)c1nccc2ccccc12. The third-order valence-corrected chi connectivity index (χ3v) is 3.56. The Hall–Kier alpha value is -2.39. The van der Waals surface area contributed by atoms with Crippen molar-refractivity contribution < 1.29 is 0 Å². The van der Waals surface area contributed by atoms with Gasteiger partial charge in [-0.15, -0.1) is 0 Å². The third-order valence-electron chi connectivity index (χ3n) is 3.56. The van der Waals surface area contributed by atoms with Crippen LogP contribution in [0.3, 0.4) is 0 Å². The first kappa shape index (κ1) is 13.6. The van der Waals surface area contributed by atoms with E-state index in [0.29, 0.717) is 6.54 Å². The highest BCUT2D eigenvalue weighted by atomic mass is 15.2. The number of pyridine rings is 1. The van der Waals surface area contributed by atoms with E-state index in [1.54, 1.807) is 0 Å². The molecule has 0 aliphatic carbocycles. The van der Waals surface area contributed by atoms with Crippen LogP contribution < -0.4 is 10.6 Å². The van der Waals surface area contributed by atoms with Crippen LogP contribution >= 0.6 is 0 Å². The summed E-state index contributed by atoms with van der Waals surface area (Å²) >= 11 is 0. The van der Waals surface area contributed by atoms with Gasteiger partial charge in [0.15, 0.2) is 0 Å². The summed E-state index contributed by atoms with van der Waals surface area (Å²) in [5, 5.41) is 2.37. The van der Waals surface area contributed by atoms with E-state index in [1.807, 2.05) is 18.3 Å². The summed E-state index contributed by atoms with van der Waals surface area (Å²) < 4.78 is 0. The average Bonchev–Trinajstić information content (AvgIpc) is 2.56. The van der Waals surface area contributed by atoms with Gasteiger partial charge in [0.2, 0.25) is 0 Å². The lowest BCUT2D eigenvalue weighted by Gasteiger charge is -2.25. The molecule has 3 rings (SSSR count). The highest BCUT2D eigenvalue weighted by molar-refractivity contribution is 5.93. The van der Waals surface area contributed by atoms with Gasteiger partial charge < -0.3 is 10.6 Å². The predicted molar refractivity (Wildman–Crippen MR) is 88.9 cm³/mol. The Bertz CT molecular complexity index is 704. The van der Waals surface area contributed by atoms with Crippen LogP contribution in [0.25, 0.3) is 10.8 Å². The van der Waals surface area contributed by atoms with Crippen molar-refractivity contribution in [3.05, 3.63) is 66.9 Å². The van der Waals surface area contributed by atoms with Crippen molar-refractivity contribution in [3.63, 3.8) is 0 Å². The fourth-order valence-corrected chi connectivity index (χ4v) is 2.53. The van der Waals surface area contributed by atoms with Gasteiger partial charge in [0, 0.05) is 23.8 Å². The van der Waals surface area contributed by atoms with E-state index in [0.717, 1.165) is 24.5 Å². The summed E-state index contributed by atoms with van der Waals surface area (Å²) in [6.07, 6.45) is 2.80. The standard InChI is InChI=1S/C18H19N3/c19-12-6-14-21(16-8-2-1-3-9-16)18-17-10-5-4-7-15(17)11-13-20-18/h1-5,7-11,13H,6,12,14,19H2. The van der Waals surface area contributed by atoms with E-state index < -0.39 is 0 Å². The number of rotatable bonds is 5. The summed E-state index contributed by atoms with van der Waals surface area (Å²) in [4.78, 5) is 6.87. The highest BCUT2D eigenvalue weighted by Gasteiger charge is 2.12. The number of benzene rings is 2. The largest absolute Gasteiger partial charge is 0.330 e. The van der Waals surface area contributed by atoms with Gasteiger partial charge in [-0.05, 0) is 36.6 Å². The first-order chi connectivity index (χ1) is 10.4. The topological polar surface area (TPSA) is 42.1 Å². The van der Waals surface area contributed by atoms with E-state index in [4.69, 9.17) is 5.73 Å². The number of nitrogens with zero attached hydrogens (tertiary/aromatic N) is 2. The van der Waals surface area contributed by atoms with Crippen LogP contribution in [0.15, 0.2) is 66.9 Å². The molecule has 1 aromatic heterocycles. The Morgan fingerprint density at radius 2 is 1.67 bits per heavy atom. The number of para-hydroxylation sites is 1. The van der Waals surface area contributed by atoms with Gasteiger partial charge in [0.25, 0.3) is 0 Å². The van der Waals surface area contributed by atoms with Gasteiger partial charge in [-0.1, -0.05) is 42.5 Å². The number of nitrogens with two attached hydrogens (primary N) is 1. The maximum Gasteiger partial charge on any atom is 0.140 e. The monoisotopic (exact) mass is 277 g/mol. The minimum atomic E-state index is 0.675. The molecule has 0 amide bonds. The zero-order chi connectivity index (χ0) is 14.5. The van der Waals surface area contributed by atoms with Gasteiger partial charge in [-0.2, -0.15) is 0 Å². The Kier molecular flexibility index (Phi) is 4.12. The minimum Gasteiger partial charge on any atom is -0.330 e. The van der Waals surface area contributed by atoms with Crippen molar-refractivity contribution in [1.29, 1.82) is 0 Å². The van der Waals surface area contributed by atoms with E-state index in [-0.39, 0.29) is 0 Å². The molecule has 0 aliphatic rings. The molecule has 1 heterocycles. The van der Waals surface area contributed by atoms with Gasteiger partial charge in [-0.3, -0.25) is 0 Å². The zero-order valence-electron chi connectivity index (χ0n) is 11.9. The van der Waals surface area contributed by atoms with Crippen LogP contribution in [0.4, 0.5) is 11.5 Å². The number of anilines is 2. The highest BCUT2D eigenvalue weighted by Crippen LogP contribution is 2.30. The molecule has 0 aliphatic heterocycles. The summed E-state index contributed by atoms with van der Waals surface area (Å²) in [5.74, 6) is 0.993. The lowest BCUT2D eigenvalue weighted by Crippen LogP contribution is -2.22. The molecule has 106 valence electrons. The van der Waals surface area contributed by atoms with Gasteiger partial charge in [0.05, 0.1) is 0 Å². The molecule has 2 aromatic carbocycles. The smallest absolute Gasteiger partial charge is 0.140 e. The molecule has 0 spiro atoms. The molecule has 0 saturated heterocycles. The summed E-state index contributed by atoms with van der Waals surface area (Å²) in [6.45, 7) is 1.54. The van der Waals surface area contributed by atoms with Gasteiger partial charge in [0.1, 0.15) is 5.82 Å². The molecule has 2 N–H and O–H groups in total. The molecule has 21 heavy (non-hydrogen) atoms. The van der Waals surface area contributed by atoms with Crippen LogP contribution in [-0.2, 0) is 0 Å². The van der Waals surface area contributed by atoms with Crippen LogP contribution in [0.5, 0.6) is 0 Å². The van der Waals surface area contributed by atoms with Crippen molar-refractivity contribution in [2.45, 2.75) is 6.42 Å². The number of aromatic nitrogens is 1. The number of hydrogen-bond donors (Lipinski definition) is 1. The minimum absolute atomic E-state index is 0.675. The first-order valence-corrected chi connectivity index (χ1v) is 7.26. The zero-order valence-corrected chi connectivity index (χ0v) is 11.9. The maximum absolute atomic E-state index is 5.70. The molecule has 0 fully saturated rings. The van der Waals surface area contributed by atoms with E-state index in [2.05, 4.69) is 58.4 Å². The second-order valence-corrected chi connectivity index (χ2v) is 4.99. The molecule has 0 atom stereocenters. The molecule has 0 unspecified atom stereocenters. The fraction of sp³-hybridized carbons (Fsp3) is 0.167. The Morgan fingerprint density at radius 3 is 2.48 bits per heavy atom. The molecule has 0 saturated carbocycles. The van der Waals surface area contributed by atoms with E-state index >= 15 is 0 Å². The second kappa shape index (κ2) is 6.37. The molecule has 3 aromatic rings. The lowest BCUT2D eigenvalue weighted by atomic mass is 10.1. The predicted octanol–water partition coefficient (Wildman–Crippen LogP) is 3.72. The molecule has 3 nitrogen and oxygen atoms in total. The third kappa shape index (κ3) is 2.88. The quantitative estimate of drug-likeness (QED) is 0.773. The van der Waals surface area contributed by atoms with Crippen molar-refractivity contribution in [3.8, 4) is 0 Å². The maximum atomic E-state index is 5.70. The van der Waals surface area contributed by atoms with E-state index in [9.17, 15) is 0 Å². The fourth-order valence-electron chi connectivity index (χ4n) is 2.53. The van der Waals surface area contributed by atoms with Gasteiger partial charge in [-0.25, -0.2) is 4.98 Å². The van der Waals surface area contributed by atoms with E-state index in [1.165, 1.54) is 10.8 Å². The molecule has 0 bridgehead atoms. The average molecular weight is 277 g/mol. The summed E-state index contributed by atoms with van der Waals surface area (Å²) in [7, 11) is 0. The Morgan fingerprint density at radius 1 is 0.905 bits per heavy atom. The first-order valence-electron chi connectivity index (χ1n) is 7.26. The van der Waals surface area contributed by atoms with Crippen molar-refractivity contribution in [2.24, 2.45) is 5.73 Å². The van der Waals surface area contributed by atoms with Gasteiger partial charge >= 0.3 is 0 Å². The number of fused-ring (bicyclic) bond motifs is 1. The normalized spacial score (nSPS) is 10.7. The van der Waals surface area contributed by atoms with Crippen LogP contribution in [-0.4, -0.2) is 18.1 Å². The van der Waals surface area contributed by atoms with Crippen molar-refractivity contribution in [1.82, 2.24) is 4.98 Å². The van der Waals surface area contributed by atoms with Crippen molar-refractivity contribution in [2.75, 3.05) is 18.0 Å². The molecule has 3 heteroatoms. The second-order valence-electron chi connectivity index (χ2n) is 4.99.